The molecule has 1 heterocycles. The summed E-state index contributed by atoms with van der Waals surface area (Å²) in [4.78, 5) is 12.8. The molecule has 164 valence electrons. The Hall–Kier alpha value is -3.59. The van der Waals surface area contributed by atoms with Gasteiger partial charge in [0.15, 0.2) is 5.76 Å². The topological polar surface area (TPSA) is 74.7 Å². The summed E-state index contributed by atoms with van der Waals surface area (Å²) in [5, 5.41) is 10.9. The predicted molar refractivity (Wildman–Crippen MR) is 112 cm³/mol. The van der Waals surface area contributed by atoms with Crippen LogP contribution in [0.25, 0.3) is 16.9 Å². The van der Waals surface area contributed by atoms with E-state index in [9.17, 15) is 31.5 Å². The molecule has 0 atom stereocenters. The first-order chi connectivity index (χ1) is 15.0. The number of hydrogen-bond donors (Lipinski definition) is 1. The highest BCUT2D eigenvalue weighted by molar-refractivity contribution is 7.89. The fraction of sp³-hybridized carbons (Fsp3) is 0.0870. The molecular formula is C23H16F3NO4S. The van der Waals surface area contributed by atoms with Crippen LogP contribution in [0, 0.1) is 0 Å². The minimum absolute atomic E-state index is 0.0500. The van der Waals surface area contributed by atoms with Gasteiger partial charge in [0, 0.05) is 18.2 Å². The Balaban J connectivity index is 1.80. The van der Waals surface area contributed by atoms with E-state index in [0.717, 1.165) is 16.4 Å². The molecule has 0 fully saturated rings. The molecule has 1 aliphatic rings. The van der Waals surface area contributed by atoms with E-state index in [2.05, 4.69) is 0 Å². The van der Waals surface area contributed by atoms with Crippen LogP contribution in [0.1, 0.15) is 21.5 Å². The first-order valence-corrected chi connectivity index (χ1v) is 10.8. The molecule has 0 bridgehead atoms. The minimum Gasteiger partial charge on any atom is -0.505 e. The Morgan fingerprint density at radius 1 is 0.906 bits per heavy atom. The summed E-state index contributed by atoms with van der Waals surface area (Å²) in [6, 6.07) is 16.3. The lowest BCUT2D eigenvalue weighted by molar-refractivity contribution is -0.137. The molecule has 1 aliphatic heterocycles. The molecule has 0 spiro atoms. The lowest BCUT2D eigenvalue weighted by atomic mass is 9.99. The summed E-state index contributed by atoms with van der Waals surface area (Å²) in [6.07, 6.45) is -4.46. The number of carbonyl (C=O) groups is 1. The number of allylic oxidation sites excluding steroid dienone is 1. The molecule has 0 aliphatic carbocycles. The maximum atomic E-state index is 13.0. The van der Waals surface area contributed by atoms with Crippen molar-refractivity contribution < 1.29 is 31.5 Å². The van der Waals surface area contributed by atoms with E-state index in [4.69, 9.17) is 0 Å². The number of sulfonamides is 1. The summed E-state index contributed by atoms with van der Waals surface area (Å²) in [5.41, 5.74) is -0.163. The largest absolute Gasteiger partial charge is 0.505 e. The monoisotopic (exact) mass is 459 g/mol. The van der Waals surface area contributed by atoms with E-state index in [1.807, 2.05) is 0 Å². The fourth-order valence-corrected chi connectivity index (χ4v) is 4.90. The maximum Gasteiger partial charge on any atom is 0.416 e. The van der Waals surface area contributed by atoms with Crippen LogP contribution in [0.5, 0.6) is 0 Å². The zero-order valence-corrected chi connectivity index (χ0v) is 17.4. The van der Waals surface area contributed by atoms with Gasteiger partial charge in [-0.2, -0.15) is 13.2 Å². The molecule has 0 radical (unpaired) electrons. The van der Waals surface area contributed by atoms with Crippen molar-refractivity contribution in [2.45, 2.75) is 11.1 Å². The van der Waals surface area contributed by atoms with Crippen molar-refractivity contribution in [2.75, 3.05) is 7.05 Å². The number of Topliss-reactive ketones (excluding diaryl/α,β-unsaturated/α-hetero) is 1. The van der Waals surface area contributed by atoms with Gasteiger partial charge in [-0.25, -0.2) is 8.42 Å². The number of benzene rings is 3. The number of halogens is 3. The first kappa shape index (κ1) is 21.6. The molecule has 0 amide bonds. The normalized spacial score (nSPS) is 17.1. The number of aliphatic hydroxyl groups excluding tert-OH is 1. The number of likely N-dealkylation sites (N-methyl/N-ethyl adjacent to an activating group) is 1. The van der Waals surface area contributed by atoms with Crippen molar-refractivity contribution >= 4 is 21.6 Å². The highest BCUT2D eigenvalue weighted by Crippen LogP contribution is 2.35. The van der Waals surface area contributed by atoms with Gasteiger partial charge in [-0.3, -0.25) is 9.10 Å². The second kappa shape index (κ2) is 7.52. The van der Waals surface area contributed by atoms with E-state index in [1.54, 1.807) is 12.1 Å². The van der Waals surface area contributed by atoms with Crippen LogP contribution in [-0.2, 0) is 16.2 Å². The average Bonchev–Trinajstić information content (AvgIpc) is 2.78. The molecule has 3 aromatic carbocycles. The number of carbonyl (C=O) groups excluding carboxylic acids is 1. The van der Waals surface area contributed by atoms with Crippen LogP contribution in [0.2, 0.25) is 0 Å². The predicted octanol–water partition coefficient (Wildman–Crippen LogP) is 5.12. The quantitative estimate of drug-likeness (QED) is 0.427. The summed E-state index contributed by atoms with van der Waals surface area (Å²) in [7, 11) is -2.87. The molecule has 0 saturated carbocycles. The van der Waals surface area contributed by atoms with E-state index in [0.29, 0.717) is 11.1 Å². The van der Waals surface area contributed by atoms with E-state index < -0.39 is 39.0 Å². The van der Waals surface area contributed by atoms with E-state index in [-0.39, 0.29) is 16.0 Å². The number of nitrogens with zero attached hydrogens (tertiary/aromatic N) is 1. The first-order valence-electron chi connectivity index (χ1n) is 9.36. The van der Waals surface area contributed by atoms with Crippen LogP contribution >= 0.6 is 0 Å². The van der Waals surface area contributed by atoms with Crippen LogP contribution in [-0.4, -0.2) is 30.7 Å². The lowest BCUT2D eigenvalue weighted by Crippen LogP contribution is -2.37. The minimum atomic E-state index is -4.46. The molecule has 0 unspecified atom stereocenters. The van der Waals surface area contributed by atoms with E-state index in [1.165, 1.54) is 55.6 Å². The third-order valence-electron chi connectivity index (χ3n) is 5.21. The molecular weight excluding hydrogens is 443 g/mol. The molecule has 3 aromatic rings. The van der Waals surface area contributed by atoms with Gasteiger partial charge in [0.05, 0.1) is 10.5 Å². The van der Waals surface area contributed by atoms with Crippen LogP contribution < -0.4 is 0 Å². The maximum absolute atomic E-state index is 13.0. The van der Waals surface area contributed by atoms with Crippen molar-refractivity contribution in [1.82, 2.24) is 4.31 Å². The van der Waals surface area contributed by atoms with Crippen molar-refractivity contribution in [3.63, 3.8) is 0 Å². The highest BCUT2D eigenvalue weighted by atomic mass is 32.2. The summed E-state index contributed by atoms with van der Waals surface area (Å²) in [6.45, 7) is 0. The highest BCUT2D eigenvalue weighted by Gasteiger charge is 2.39. The molecule has 1 N–H and O–H groups in total. The Kier molecular flexibility index (Phi) is 5.09. The molecule has 5 nitrogen and oxygen atoms in total. The molecule has 0 aromatic heterocycles. The van der Waals surface area contributed by atoms with Gasteiger partial charge in [0.2, 0.25) is 5.78 Å². The summed E-state index contributed by atoms with van der Waals surface area (Å²) in [5.74, 6) is -1.21. The third kappa shape index (κ3) is 3.54. The summed E-state index contributed by atoms with van der Waals surface area (Å²) < 4.78 is 64.8. The van der Waals surface area contributed by atoms with Gasteiger partial charge in [-0.05, 0) is 41.5 Å². The van der Waals surface area contributed by atoms with E-state index >= 15 is 0 Å². The van der Waals surface area contributed by atoms with Crippen molar-refractivity contribution in [3.05, 3.63) is 95.2 Å². The standard InChI is InChI=1S/C23H16F3NO4S/c1-27-20(22(29)18-7-2-3-8-19(18)32(27,30)31)21(28)16-6-4-5-15(13-16)14-9-11-17(12-10-14)23(24,25)26/h2-13,28H,1H3. The molecule has 9 heteroatoms. The number of fused-ring (bicyclic) bond motifs is 1. The zero-order chi connectivity index (χ0) is 23.3. The Labute approximate surface area is 182 Å². The van der Waals surface area contributed by atoms with Gasteiger partial charge >= 0.3 is 6.18 Å². The van der Waals surface area contributed by atoms with Gasteiger partial charge in [-0.1, -0.05) is 42.5 Å². The van der Waals surface area contributed by atoms with Gasteiger partial charge in [-0.15, -0.1) is 0 Å². The van der Waals surface area contributed by atoms with Crippen LogP contribution in [0.15, 0.2) is 83.4 Å². The number of aliphatic hydroxyl groups is 1. The smallest absolute Gasteiger partial charge is 0.416 e. The van der Waals surface area contributed by atoms with Gasteiger partial charge in [0.1, 0.15) is 5.70 Å². The number of ketones is 1. The molecule has 32 heavy (non-hydrogen) atoms. The number of rotatable bonds is 2. The van der Waals surface area contributed by atoms with Crippen LogP contribution in [0.4, 0.5) is 13.2 Å². The lowest BCUT2D eigenvalue weighted by Gasteiger charge is -2.28. The number of alkyl halides is 3. The van der Waals surface area contributed by atoms with Crippen molar-refractivity contribution in [3.8, 4) is 11.1 Å². The van der Waals surface area contributed by atoms with Crippen molar-refractivity contribution in [1.29, 1.82) is 0 Å². The average molecular weight is 459 g/mol. The molecule has 4 rings (SSSR count). The van der Waals surface area contributed by atoms with Crippen LogP contribution in [0.3, 0.4) is 0 Å². The number of hydrogen-bond acceptors (Lipinski definition) is 4. The zero-order valence-electron chi connectivity index (χ0n) is 16.6. The third-order valence-corrected chi connectivity index (χ3v) is 7.02. The fourth-order valence-electron chi connectivity index (χ4n) is 3.51. The second-order valence-electron chi connectivity index (χ2n) is 7.15. The van der Waals surface area contributed by atoms with Gasteiger partial charge < -0.3 is 5.11 Å². The van der Waals surface area contributed by atoms with Gasteiger partial charge in [0.25, 0.3) is 10.0 Å². The SMILES string of the molecule is CN1C(=C(O)c2cccc(-c3ccc(C(F)(F)F)cc3)c2)C(=O)c2ccccc2S1(=O)=O. The molecule has 0 saturated heterocycles. The summed E-state index contributed by atoms with van der Waals surface area (Å²) >= 11 is 0. The Morgan fingerprint density at radius 3 is 2.22 bits per heavy atom. The van der Waals surface area contributed by atoms with Crippen molar-refractivity contribution in [2.24, 2.45) is 0 Å². The Bertz CT molecular complexity index is 1360. The Morgan fingerprint density at radius 2 is 1.56 bits per heavy atom. The second-order valence-corrected chi connectivity index (χ2v) is 9.09.